The summed E-state index contributed by atoms with van der Waals surface area (Å²) in [7, 11) is 0. The molecular weight excluding hydrogens is 1190 g/mol. The van der Waals surface area contributed by atoms with Crippen LogP contribution in [0.5, 0.6) is 0 Å². The molecule has 13 aromatic carbocycles. The van der Waals surface area contributed by atoms with E-state index in [0.29, 0.717) is 0 Å². The van der Waals surface area contributed by atoms with Gasteiger partial charge >= 0.3 is 0 Å². The number of fused-ring (bicyclic) bond motifs is 18. The lowest BCUT2D eigenvalue weighted by molar-refractivity contribution is 1.37. The van der Waals surface area contributed by atoms with Crippen LogP contribution in [0.3, 0.4) is 0 Å². The molecular formula is C90H50N8. The zero-order valence-electron chi connectivity index (χ0n) is 52.4. The Balaban J connectivity index is 0.640. The van der Waals surface area contributed by atoms with Crippen molar-refractivity contribution in [1.29, 1.82) is 0 Å². The fraction of sp³-hybridized carbons (Fsp3) is 0. The Morgan fingerprint density at radius 1 is 0.143 bits per heavy atom. The molecule has 8 heteroatoms. The molecule has 0 aliphatic carbocycles. The second-order valence-corrected chi connectivity index (χ2v) is 25.7. The fourth-order valence-electron chi connectivity index (χ4n) is 16.1. The van der Waals surface area contributed by atoms with Gasteiger partial charge in [0.15, 0.2) is 0 Å². The first kappa shape index (κ1) is 54.1. The molecule has 21 aromatic rings. The van der Waals surface area contributed by atoms with Crippen molar-refractivity contribution in [2.45, 2.75) is 0 Å². The minimum atomic E-state index is 0.860. The van der Waals surface area contributed by atoms with Gasteiger partial charge in [-0.25, -0.2) is 0 Å². The second-order valence-electron chi connectivity index (χ2n) is 25.7. The van der Waals surface area contributed by atoms with E-state index in [4.69, 9.17) is 39.9 Å². The maximum Gasteiger partial charge on any atom is 0.0965 e. The summed E-state index contributed by atoms with van der Waals surface area (Å²) in [6.07, 6.45) is 15.8. The third kappa shape index (κ3) is 8.12. The number of rotatable bonds is 6. The van der Waals surface area contributed by atoms with Crippen molar-refractivity contribution in [3.8, 4) is 66.8 Å². The van der Waals surface area contributed by atoms with E-state index in [0.717, 1.165) is 219 Å². The van der Waals surface area contributed by atoms with E-state index in [1.807, 2.05) is 61.7 Å². The Bertz CT molecular complexity index is 6490. The number of hydrogen-bond donors (Lipinski definition) is 0. The standard InChI is InChI=1S/C90H50N8/c1-5-21-69-65(17-1)77(59-39-53-31-29-51-15-13-37-91-83(51)85(53)93-45-59)66-18-2-6-22-70(66)79(69)61-41-55-33-35-57-43-63(49-97-89(57)87(55)95-47-61)81-73-25-9-11-27-75(73)82(76-28-12-10-26-74(76)81)64-44-58-36-34-56-42-62(48-96-88(56)90(58)98-50-64)80-71-23-7-3-19-67(71)78(68-20-4-8-24-72(68)80)60-40-54-32-30-52-16-14-38-92-84(52)86(54)94-46-60/h1-50H. The molecule has 8 aromatic heterocycles. The van der Waals surface area contributed by atoms with Crippen LogP contribution in [0.25, 0.3) is 219 Å². The number of pyridine rings is 8. The highest BCUT2D eigenvalue weighted by Gasteiger charge is 2.24. The van der Waals surface area contributed by atoms with Crippen LogP contribution < -0.4 is 0 Å². The monoisotopic (exact) mass is 1240 g/mol. The van der Waals surface area contributed by atoms with E-state index in [2.05, 4.69) is 243 Å². The van der Waals surface area contributed by atoms with Gasteiger partial charge in [0.1, 0.15) is 0 Å². The first-order valence-electron chi connectivity index (χ1n) is 33.1. The molecule has 98 heavy (non-hydrogen) atoms. The minimum Gasteiger partial charge on any atom is -0.254 e. The minimum absolute atomic E-state index is 0.860. The van der Waals surface area contributed by atoms with E-state index in [1.165, 1.54) is 0 Å². The SMILES string of the molecule is c1cnc2c(c1)ccc1cc(-c3c4ccccc4c(-c4cnc5c(ccc6cc(-c7c8ccccc8c(-c8cnc9c(ccc%10cc(-c%11c%12ccccc%12c(-c%12cnc%13c(ccc%14cccnc%14%13)c%12)c%12ccccc%11%12)cnc%109)c8)c8ccccc78)cnc65)c4)c4ccccc34)cnc12. The highest BCUT2D eigenvalue weighted by molar-refractivity contribution is 6.26. The molecule has 8 heterocycles. The van der Waals surface area contributed by atoms with Crippen molar-refractivity contribution < 1.29 is 0 Å². The summed E-state index contributed by atoms with van der Waals surface area (Å²) in [5.41, 5.74) is 20.3. The average molecular weight is 1240 g/mol. The predicted octanol–water partition coefficient (Wildman–Crippen LogP) is 23.0. The molecule has 0 amide bonds. The van der Waals surface area contributed by atoms with Crippen molar-refractivity contribution in [2.75, 3.05) is 0 Å². The van der Waals surface area contributed by atoms with Gasteiger partial charge in [-0.2, -0.15) is 0 Å². The van der Waals surface area contributed by atoms with Gasteiger partial charge in [-0.1, -0.05) is 206 Å². The summed E-state index contributed by atoms with van der Waals surface area (Å²) in [6.45, 7) is 0. The van der Waals surface area contributed by atoms with Gasteiger partial charge in [0, 0.05) is 126 Å². The van der Waals surface area contributed by atoms with Crippen LogP contribution in [0.4, 0.5) is 0 Å². The molecule has 0 aliphatic rings. The zero-order chi connectivity index (χ0) is 64.1. The average Bonchev–Trinajstić information content (AvgIpc) is 0.738. The molecule has 0 bridgehead atoms. The lowest BCUT2D eigenvalue weighted by Gasteiger charge is -2.19. The maximum absolute atomic E-state index is 5.31. The van der Waals surface area contributed by atoms with E-state index >= 15 is 0 Å². The van der Waals surface area contributed by atoms with E-state index in [1.54, 1.807) is 0 Å². The van der Waals surface area contributed by atoms with Crippen LogP contribution in [0, 0.1) is 0 Å². The quantitative estimate of drug-likeness (QED) is 0.120. The first-order chi connectivity index (χ1) is 48.6. The maximum atomic E-state index is 5.31. The summed E-state index contributed by atoms with van der Waals surface area (Å²) in [6, 6.07) is 91.7. The Morgan fingerprint density at radius 3 is 0.490 bits per heavy atom. The Kier molecular flexibility index (Phi) is 11.7. The van der Waals surface area contributed by atoms with E-state index in [9.17, 15) is 0 Å². The third-order valence-corrected chi connectivity index (χ3v) is 20.4. The Morgan fingerprint density at radius 2 is 0.306 bits per heavy atom. The van der Waals surface area contributed by atoms with Crippen LogP contribution in [-0.2, 0) is 0 Å². The highest BCUT2D eigenvalue weighted by atomic mass is 14.8. The second kappa shape index (κ2) is 21.1. The van der Waals surface area contributed by atoms with Crippen molar-refractivity contribution in [1.82, 2.24) is 39.9 Å². The topological polar surface area (TPSA) is 103 Å². The molecule has 0 fully saturated rings. The van der Waals surface area contributed by atoms with Crippen molar-refractivity contribution in [3.63, 3.8) is 0 Å². The van der Waals surface area contributed by atoms with Crippen LogP contribution in [-0.4, -0.2) is 39.9 Å². The number of nitrogens with zero attached hydrogens (tertiary/aromatic N) is 8. The zero-order valence-corrected chi connectivity index (χ0v) is 52.4. The molecule has 450 valence electrons. The van der Waals surface area contributed by atoms with Crippen LogP contribution >= 0.6 is 0 Å². The van der Waals surface area contributed by atoms with Crippen molar-refractivity contribution in [2.24, 2.45) is 0 Å². The van der Waals surface area contributed by atoms with Crippen molar-refractivity contribution in [3.05, 3.63) is 304 Å². The molecule has 8 nitrogen and oxygen atoms in total. The van der Waals surface area contributed by atoms with Gasteiger partial charge in [-0.05, 0) is 147 Å². The van der Waals surface area contributed by atoms with Gasteiger partial charge in [0.2, 0.25) is 0 Å². The van der Waals surface area contributed by atoms with Gasteiger partial charge in [-0.15, -0.1) is 0 Å². The molecule has 0 radical (unpaired) electrons. The largest absolute Gasteiger partial charge is 0.254 e. The van der Waals surface area contributed by atoms with Gasteiger partial charge < -0.3 is 0 Å². The molecule has 0 saturated carbocycles. The molecule has 0 spiro atoms. The lowest BCUT2D eigenvalue weighted by Crippen LogP contribution is -1.94. The van der Waals surface area contributed by atoms with Gasteiger partial charge in [-0.3, -0.25) is 39.9 Å². The van der Waals surface area contributed by atoms with Gasteiger partial charge in [0.05, 0.1) is 44.1 Å². The fourth-order valence-corrected chi connectivity index (χ4v) is 16.1. The summed E-state index contributed by atoms with van der Waals surface area (Å²) in [5.74, 6) is 0. The van der Waals surface area contributed by atoms with Gasteiger partial charge in [0.25, 0.3) is 0 Å². The van der Waals surface area contributed by atoms with E-state index < -0.39 is 0 Å². The number of aromatic nitrogens is 8. The van der Waals surface area contributed by atoms with E-state index in [-0.39, 0.29) is 0 Å². The normalized spacial score (nSPS) is 12.1. The van der Waals surface area contributed by atoms with Crippen LogP contribution in [0.2, 0.25) is 0 Å². The molecule has 0 atom stereocenters. The third-order valence-electron chi connectivity index (χ3n) is 20.4. The first-order valence-corrected chi connectivity index (χ1v) is 33.1. The summed E-state index contributed by atoms with van der Waals surface area (Å²) >= 11 is 0. The van der Waals surface area contributed by atoms with Crippen LogP contribution in [0.1, 0.15) is 0 Å². The van der Waals surface area contributed by atoms with Crippen molar-refractivity contribution >= 4 is 152 Å². The smallest absolute Gasteiger partial charge is 0.0965 e. The molecule has 0 N–H and O–H groups in total. The lowest BCUT2D eigenvalue weighted by atomic mass is 9.86. The Labute approximate surface area is 559 Å². The molecule has 0 saturated heterocycles. The molecule has 0 unspecified atom stereocenters. The Hall–Kier alpha value is -13.3. The molecule has 0 aliphatic heterocycles. The molecule has 21 rings (SSSR count). The number of hydrogen-bond acceptors (Lipinski definition) is 8. The number of benzene rings is 13. The predicted molar refractivity (Wildman–Crippen MR) is 407 cm³/mol. The summed E-state index contributed by atoms with van der Waals surface area (Å²) in [5, 5.41) is 22.2. The summed E-state index contributed by atoms with van der Waals surface area (Å²) in [4.78, 5) is 40.7. The summed E-state index contributed by atoms with van der Waals surface area (Å²) < 4.78 is 0. The highest BCUT2D eigenvalue weighted by Crippen LogP contribution is 2.49. The van der Waals surface area contributed by atoms with Crippen LogP contribution in [0.15, 0.2) is 304 Å².